The van der Waals surface area contributed by atoms with Crippen molar-refractivity contribution in [3.8, 4) is 44.5 Å². The van der Waals surface area contributed by atoms with E-state index in [4.69, 9.17) is 4.42 Å². The Hall–Kier alpha value is -7.20. The lowest BCUT2D eigenvalue weighted by Gasteiger charge is -2.26. The summed E-state index contributed by atoms with van der Waals surface area (Å²) in [4.78, 5) is 2.34. The van der Waals surface area contributed by atoms with Crippen molar-refractivity contribution in [3.05, 3.63) is 212 Å². The number of nitrogens with zero attached hydrogens (tertiary/aromatic N) is 1. The molecule has 0 bridgehead atoms. The summed E-state index contributed by atoms with van der Waals surface area (Å²) in [6.07, 6.45) is 0. The fraction of sp³-hybridized carbons (Fsp3) is 0. The van der Waals surface area contributed by atoms with Gasteiger partial charge in [-0.1, -0.05) is 152 Å². The molecule has 0 aliphatic carbocycles. The summed E-state index contributed by atoms with van der Waals surface area (Å²) >= 11 is 1.87. The Labute approximate surface area is 335 Å². The highest BCUT2D eigenvalue weighted by Crippen LogP contribution is 2.46. The van der Waals surface area contributed by atoms with Crippen LogP contribution in [0.5, 0.6) is 0 Å². The predicted molar refractivity (Wildman–Crippen MR) is 243 cm³/mol. The smallest absolute Gasteiger partial charge is 0.136 e. The number of hydrogen-bond donors (Lipinski definition) is 0. The summed E-state index contributed by atoms with van der Waals surface area (Å²) in [7, 11) is 0. The Balaban J connectivity index is 0.960. The first kappa shape index (κ1) is 33.2. The molecular weight excluding hydrogens is 711 g/mol. The molecule has 3 heteroatoms. The second-order valence-corrected chi connectivity index (χ2v) is 15.5. The molecule has 268 valence electrons. The minimum absolute atomic E-state index is 0.932. The fourth-order valence-corrected chi connectivity index (χ4v) is 9.66. The van der Waals surface area contributed by atoms with Gasteiger partial charge in [-0.25, -0.2) is 0 Å². The third kappa shape index (κ3) is 5.88. The van der Waals surface area contributed by atoms with E-state index < -0.39 is 0 Å². The Morgan fingerprint density at radius 3 is 1.42 bits per heavy atom. The van der Waals surface area contributed by atoms with Gasteiger partial charge in [-0.05, 0) is 105 Å². The average Bonchev–Trinajstić information content (AvgIpc) is 3.87. The number of benzene rings is 9. The number of furan rings is 1. The SMILES string of the molecule is c1ccc(-c2ccc(N(c3ccc(-c4ccccc4)cc3)c3ccc(-c4cccc(-c5cccc6c5sc5c6ccc6oc7ccccc7c65)c4)cc3)cc2)cc1. The molecule has 0 amide bonds. The van der Waals surface area contributed by atoms with Crippen LogP contribution in [-0.4, -0.2) is 0 Å². The van der Waals surface area contributed by atoms with E-state index in [0.29, 0.717) is 0 Å². The van der Waals surface area contributed by atoms with Crippen LogP contribution >= 0.6 is 11.3 Å². The maximum absolute atomic E-state index is 6.26. The summed E-state index contributed by atoms with van der Waals surface area (Å²) < 4.78 is 8.83. The van der Waals surface area contributed by atoms with Crippen molar-refractivity contribution in [2.45, 2.75) is 0 Å². The zero-order valence-electron chi connectivity index (χ0n) is 31.0. The third-order valence-electron chi connectivity index (χ3n) is 11.1. The highest BCUT2D eigenvalue weighted by molar-refractivity contribution is 7.27. The lowest BCUT2D eigenvalue weighted by Crippen LogP contribution is -2.09. The molecule has 0 saturated carbocycles. The van der Waals surface area contributed by atoms with Crippen LogP contribution in [0, 0.1) is 0 Å². The normalized spacial score (nSPS) is 11.5. The van der Waals surface area contributed by atoms with Crippen LogP contribution < -0.4 is 4.90 Å². The topological polar surface area (TPSA) is 16.4 Å². The van der Waals surface area contributed by atoms with E-state index in [0.717, 1.165) is 28.2 Å². The van der Waals surface area contributed by atoms with Crippen molar-refractivity contribution >= 4 is 70.5 Å². The van der Waals surface area contributed by atoms with Crippen LogP contribution in [0.15, 0.2) is 217 Å². The molecule has 0 unspecified atom stereocenters. The highest BCUT2D eigenvalue weighted by Gasteiger charge is 2.18. The summed E-state index contributed by atoms with van der Waals surface area (Å²) in [5, 5.41) is 4.93. The van der Waals surface area contributed by atoms with Crippen LogP contribution in [-0.2, 0) is 0 Å². The van der Waals surface area contributed by atoms with Gasteiger partial charge in [0.2, 0.25) is 0 Å². The number of thiophene rings is 1. The standard InChI is InChI=1S/C54H35NOS/c1-3-11-36(12-4-1)38-21-27-43(28-22-38)55(44-29-23-39(24-30-44)37-13-5-2-6-14-37)45-31-25-40(26-32-45)41-15-9-16-42(35-41)46-18-10-19-47-48-33-34-51-52(54(48)57-53(46)47)49-17-7-8-20-50(49)56-51/h1-35H. The Bertz CT molecular complexity index is 3110. The van der Waals surface area contributed by atoms with Crippen LogP contribution in [0.2, 0.25) is 0 Å². The molecule has 0 saturated heterocycles. The lowest BCUT2D eigenvalue weighted by atomic mass is 9.97. The monoisotopic (exact) mass is 745 g/mol. The lowest BCUT2D eigenvalue weighted by molar-refractivity contribution is 0.669. The van der Waals surface area contributed by atoms with E-state index in [9.17, 15) is 0 Å². The van der Waals surface area contributed by atoms with Crippen LogP contribution in [0.25, 0.3) is 86.6 Å². The Morgan fingerprint density at radius 1 is 0.316 bits per heavy atom. The maximum Gasteiger partial charge on any atom is 0.136 e. The minimum Gasteiger partial charge on any atom is -0.456 e. The Morgan fingerprint density at radius 2 is 0.789 bits per heavy atom. The largest absolute Gasteiger partial charge is 0.456 e. The van der Waals surface area contributed by atoms with Gasteiger partial charge in [0.25, 0.3) is 0 Å². The van der Waals surface area contributed by atoms with Crippen molar-refractivity contribution in [1.82, 2.24) is 0 Å². The molecule has 0 N–H and O–H groups in total. The number of anilines is 3. The van der Waals surface area contributed by atoms with Gasteiger partial charge in [-0.2, -0.15) is 0 Å². The zero-order valence-corrected chi connectivity index (χ0v) is 31.8. The molecule has 9 aromatic carbocycles. The van der Waals surface area contributed by atoms with Gasteiger partial charge >= 0.3 is 0 Å². The van der Waals surface area contributed by atoms with Gasteiger partial charge in [-0.3, -0.25) is 0 Å². The molecule has 57 heavy (non-hydrogen) atoms. The van der Waals surface area contributed by atoms with Gasteiger partial charge in [0.1, 0.15) is 11.2 Å². The second kappa shape index (κ2) is 13.8. The van der Waals surface area contributed by atoms with E-state index in [1.807, 2.05) is 17.4 Å². The molecule has 2 nitrogen and oxygen atoms in total. The van der Waals surface area contributed by atoms with E-state index >= 15 is 0 Å². The second-order valence-electron chi connectivity index (χ2n) is 14.5. The first-order valence-electron chi connectivity index (χ1n) is 19.3. The van der Waals surface area contributed by atoms with E-state index in [-0.39, 0.29) is 0 Å². The van der Waals surface area contributed by atoms with E-state index in [2.05, 4.69) is 211 Å². The minimum atomic E-state index is 0.932. The molecule has 2 heterocycles. The summed E-state index contributed by atoms with van der Waals surface area (Å²) in [5.74, 6) is 0. The molecule has 11 aromatic rings. The number of rotatable bonds is 7. The molecule has 0 aliphatic rings. The molecule has 11 rings (SSSR count). The predicted octanol–water partition coefficient (Wildman–Crippen LogP) is 16.1. The first-order chi connectivity index (χ1) is 28.2. The van der Waals surface area contributed by atoms with Crippen LogP contribution in [0.3, 0.4) is 0 Å². The molecular formula is C54H35NOS. The number of fused-ring (bicyclic) bond motifs is 7. The van der Waals surface area contributed by atoms with Gasteiger partial charge in [0.05, 0.1) is 0 Å². The molecule has 0 spiro atoms. The van der Waals surface area contributed by atoms with Gasteiger partial charge in [0.15, 0.2) is 0 Å². The molecule has 2 aromatic heterocycles. The average molecular weight is 746 g/mol. The van der Waals surface area contributed by atoms with Crippen molar-refractivity contribution in [1.29, 1.82) is 0 Å². The van der Waals surface area contributed by atoms with Crippen molar-refractivity contribution < 1.29 is 4.42 Å². The highest BCUT2D eigenvalue weighted by atomic mass is 32.1. The van der Waals surface area contributed by atoms with Gasteiger partial charge in [-0.15, -0.1) is 11.3 Å². The van der Waals surface area contributed by atoms with E-state index in [1.165, 1.54) is 75.5 Å². The van der Waals surface area contributed by atoms with E-state index in [1.54, 1.807) is 0 Å². The third-order valence-corrected chi connectivity index (χ3v) is 12.4. The van der Waals surface area contributed by atoms with Crippen LogP contribution in [0.4, 0.5) is 17.1 Å². The maximum atomic E-state index is 6.26. The number of para-hydroxylation sites is 1. The Kier molecular flexibility index (Phi) is 8.04. The molecule has 0 atom stereocenters. The zero-order chi connectivity index (χ0) is 37.7. The van der Waals surface area contributed by atoms with Crippen molar-refractivity contribution in [2.24, 2.45) is 0 Å². The van der Waals surface area contributed by atoms with Crippen molar-refractivity contribution in [3.63, 3.8) is 0 Å². The van der Waals surface area contributed by atoms with Gasteiger partial charge in [0, 0.05) is 48.0 Å². The summed E-state index contributed by atoms with van der Waals surface area (Å²) in [6, 6.07) is 76.2. The molecule has 0 fully saturated rings. The molecule has 0 aliphatic heterocycles. The van der Waals surface area contributed by atoms with Crippen LogP contribution in [0.1, 0.15) is 0 Å². The summed E-state index contributed by atoms with van der Waals surface area (Å²) in [6.45, 7) is 0. The first-order valence-corrected chi connectivity index (χ1v) is 20.1. The van der Waals surface area contributed by atoms with Crippen molar-refractivity contribution in [2.75, 3.05) is 4.90 Å². The number of hydrogen-bond acceptors (Lipinski definition) is 3. The molecule has 0 radical (unpaired) electrons. The fourth-order valence-electron chi connectivity index (χ4n) is 8.28. The van der Waals surface area contributed by atoms with Gasteiger partial charge < -0.3 is 9.32 Å². The summed E-state index contributed by atoms with van der Waals surface area (Å²) in [5.41, 5.74) is 14.8. The quantitative estimate of drug-likeness (QED) is 0.162.